The summed E-state index contributed by atoms with van der Waals surface area (Å²) in [5.41, 5.74) is 9.57. The van der Waals surface area contributed by atoms with E-state index in [2.05, 4.69) is 76.2 Å². The number of aliphatic hydroxyl groups excluding tert-OH is 1. The molecular formula is C40H49IrN2O2-. The molecule has 0 spiro atoms. The minimum Gasteiger partial charge on any atom is -0.512 e. The number of carbonyl (C=O) groups is 1. The fourth-order valence-corrected chi connectivity index (χ4v) is 6.15. The van der Waals surface area contributed by atoms with Gasteiger partial charge in [0, 0.05) is 56.1 Å². The van der Waals surface area contributed by atoms with Gasteiger partial charge in [-0.25, -0.2) is 0 Å². The maximum Gasteiger partial charge on any atom is 0.162 e. The molecule has 2 aromatic carbocycles. The van der Waals surface area contributed by atoms with E-state index in [9.17, 15) is 9.90 Å². The van der Waals surface area contributed by atoms with Gasteiger partial charge >= 0.3 is 0 Å². The molecule has 4 nitrogen and oxygen atoms in total. The van der Waals surface area contributed by atoms with Crippen molar-refractivity contribution >= 4 is 16.6 Å². The molecule has 0 unspecified atom stereocenters. The van der Waals surface area contributed by atoms with E-state index in [0.717, 1.165) is 60.9 Å². The number of carbonyl (C=O) groups excluding carboxylic acids is 1. The summed E-state index contributed by atoms with van der Waals surface area (Å²) in [6.45, 7) is 17.0. The first-order valence-electron chi connectivity index (χ1n) is 16.4. The van der Waals surface area contributed by atoms with Crippen molar-refractivity contribution in [3.63, 3.8) is 0 Å². The number of nitrogens with zero attached hydrogens (tertiary/aromatic N) is 2. The van der Waals surface area contributed by atoms with E-state index in [1.807, 2.05) is 40.1 Å². The van der Waals surface area contributed by atoms with Crippen LogP contribution in [0.4, 0.5) is 0 Å². The number of pyridine rings is 2. The zero-order valence-electron chi connectivity index (χ0n) is 28.3. The van der Waals surface area contributed by atoms with Crippen LogP contribution in [0.5, 0.6) is 0 Å². The number of hydrogen-bond donors (Lipinski definition) is 1. The zero-order valence-corrected chi connectivity index (χ0v) is 30.6. The Labute approximate surface area is 284 Å². The molecule has 2 heterocycles. The maximum atomic E-state index is 11.7. The smallest absolute Gasteiger partial charge is 0.162 e. The third-order valence-electron chi connectivity index (χ3n) is 8.95. The van der Waals surface area contributed by atoms with E-state index in [-0.39, 0.29) is 48.9 Å². The molecule has 1 aliphatic carbocycles. The zero-order chi connectivity index (χ0) is 32.0. The molecule has 0 aliphatic heterocycles. The normalized spacial score (nSPS) is 12.7. The number of fused-ring (bicyclic) bond motifs is 4. The van der Waals surface area contributed by atoms with Gasteiger partial charge < -0.3 is 5.11 Å². The molecule has 0 fully saturated rings. The second-order valence-electron chi connectivity index (χ2n) is 13.1. The first-order chi connectivity index (χ1) is 21.0. The van der Waals surface area contributed by atoms with Gasteiger partial charge in [0.25, 0.3) is 0 Å². The number of hydrogen-bond acceptors (Lipinski definition) is 4. The van der Waals surface area contributed by atoms with Crippen molar-refractivity contribution in [2.45, 2.75) is 99.3 Å². The van der Waals surface area contributed by atoms with E-state index in [1.54, 1.807) is 0 Å². The Hall–Kier alpha value is -3.14. The van der Waals surface area contributed by atoms with Crippen molar-refractivity contribution in [1.29, 1.82) is 0 Å². The van der Waals surface area contributed by atoms with E-state index in [4.69, 9.17) is 9.97 Å². The molecule has 5 rings (SSSR count). The minimum absolute atomic E-state index is 0. The van der Waals surface area contributed by atoms with E-state index in [1.165, 1.54) is 39.3 Å². The maximum absolute atomic E-state index is 11.7. The molecule has 0 amide bonds. The molecule has 0 atom stereocenters. The van der Waals surface area contributed by atoms with Crippen LogP contribution in [0.15, 0.2) is 66.7 Å². The van der Waals surface area contributed by atoms with Gasteiger partial charge in [-0.2, -0.15) is 0 Å². The Kier molecular flexibility index (Phi) is 12.9. The summed E-state index contributed by atoms with van der Waals surface area (Å²) >= 11 is 0. The number of benzene rings is 2. The van der Waals surface area contributed by atoms with Crippen LogP contribution in [0.3, 0.4) is 0 Å². The predicted molar refractivity (Wildman–Crippen MR) is 184 cm³/mol. The number of aryl methyl sites for hydroxylation is 3. The number of rotatable bonds is 8. The van der Waals surface area contributed by atoms with Crippen LogP contribution in [-0.2, 0) is 43.2 Å². The van der Waals surface area contributed by atoms with Crippen LogP contribution >= 0.6 is 0 Å². The SMILES string of the molecule is CCC(CC)C(=O)/C=C(\O)C(CC)CC.Cc1cnc2c(c1)CCc1cnc(-c3[c-]c4ccccc4c(C(C)(C)C)c3)cc1-2.[Ir]. The molecular weight excluding hydrogens is 733 g/mol. The largest absolute Gasteiger partial charge is 0.512 e. The van der Waals surface area contributed by atoms with Crippen molar-refractivity contribution in [3.05, 3.63) is 95.0 Å². The number of aromatic nitrogens is 2. The van der Waals surface area contributed by atoms with Crippen molar-refractivity contribution in [3.8, 4) is 22.5 Å². The Morgan fingerprint density at radius 1 is 0.911 bits per heavy atom. The van der Waals surface area contributed by atoms with Gasteiger partial charge in [-0.1, -0.05) is 89.7 Å². The summed E-state index contributed by atoms with van der Waals surface area (Å²) < 4.78 is 0. The van der Waals surface area contributed by atoms with Crippen LogP contribution in [-0.4, -0.2) is 20.9 Å². The minimum atomic E-state index is 0. The summed E-state index contributed by atoms with van der Waals surface area (Å²) in [6, 6.07) is 18.9. The van der Waals surface area contributed by atoms with Gasteiger partial charge in [0.05, 0.1) is 11.5 Å². The molecule has 0 bridgehead atoms. The van der Waals surface area contributed by atoms with Gasteiger partial charge in [-0.3, -0.25) is 14.8 Å². The molecule has 1 N–H and O–H groups in total. The van der Waals surface area contributed by atoms with Crippen LogP contribution in [0.1, 0.15) is 96.4 Å². The molecule has 2 aromatic heterocycles. The van der Waals surface area contributed by atoms with Crippen LogP contribution in [0.2, 0.25) is 0 Å². The second-order valence-corrected chi connectivity index (χ2v) is 13.1. The Bertz CT molecular complexity index is 1640. The molecule has 1 radical (unpaired) electrons. The number of ketones is 1. The summed E-state index contributed by atoms with van der Waals surface area (Å²) in [6.07, 6.45) is 11.0. The monoisotopic (exact) mass is 782 g/mol. The fraction of sp³-hybridized carbons (Fsp3) is 0.425. The van der Waals surface area contributed by atoms with Gasteiger partial charge in [0.2, 0.25) is 0 Å². The molecule has 0 saturated heterocycles. The van der Waals surface area contributed by atoms with Gasteiger partial charge in [-0.05, 0) is 73.1 Å². The summed E-state index contributed by atoms with van der Waals surface area (Å²) in [7, 11) is 0. The number of aliphatic hydroxyl groups is 1. The molecule has 45 heavy (non-hydrogen) atoms. The summed E-state index contributed by atoms with van der Waals surface area (Å²) in [4.78, 5) is 21.3. The number of allylic oxidation sites excluding steroid dienone is 2. The van der Waals surface area contributed by atoms with Gasteiger partial charge in [0.15, 0.2) is 5.78 Å². The molecule has 0 saturated carbocycles. The molecule has 4 aromatic rings. The van der Waals surface area contributed by atoms with Crippen LogP contribution in [0.25, 0.3) is 33.3 Å². The van der Waals surface area contributed by atoms with E-state index < -0.39 is 0 Å². The third kappa shape index (κ3) is 8.57. The third-order valence-corrected chi connectivity index (χ3v) is 8.95. The molecule has 241 valence electrons. The van der Waals surface area contributed by atoms with Crippen LogP contribution < -0.4 is 0 Å². The van der Waals surface area contributed by atoms with E-state index >= 15 is 0 Å². The topological polar surface area (TPSA) is 63.1 Å². The van der Waals surface area contributed by atoms with Crippen molar-refractivity contribution in [2.75, 3.05) is 0 Å². The fourth-order valence-electron chi connectivity index (χ4n) is 6.15. The second kappa shape index (κ2) is 15.9. The van der Waals surface area contributed by atoms with Crippen molar-refractivity contribution in [2.24, 2.45) is 11.8 Å². The van der Waals surface area contributed by atoms with Gasteiger partial charge in [-0.15, -0.1) is 29.1 Å². The summed E-state index contributed by atoms with van der Waals surface area (Å²) in [5.74, 6) is 0.547. The standard InChI is InChI=1S/C27H25N2.C13H24O2.Ir/c1-17-11-19-9-10-20-16-28-25(14-23(20)26(19)29-15-17)21-12-18-7-5-6-8-22(18)24(13-21)27(2,3)4;1-5-10(6-2)12(14)9-13(15)11(7-3)8-4;/h5-8,11,13-16H,9-10H2,1-4H3;9-11,14H,5-8H2,1-4H3;/q-1;;/b;12-9-;. The first kappa shape index (κ1) is 36.3. The average Bonchev–Trinajstić information content (AvgIpc) is 3.01. The Morgan fingerprint density at radius 2 is 1.56 bits per heavy atom. The van der Waals surface area contributed by atoms with Crippen LogP contribution in [0, 0.1) is 24.8 Å². The predicted octanol–water partition coefficient (Wildman–Crippen LogP) is 10.3. The average molecular weight is 782 g/mol. The van der Waals surface area contributed by atoms with Gasteiger partial charge in [0.1, 0.15) is 0 Å². The van der Waals surface area contributed by atoms with E-state index in [0.29, 0.717) is 0 Å². The Morgan fingerprint density at radius 3 is 2.20 bits per heavy atom. The molecule has 5 heteroatoms. The quantitative estimate of drug-likeness (QED) is 0.110. The van der Waals surface area contributed by atoms with Crippen molar-refractivity contribution in [1.82, 2.24) is 9.97 Å². The summed E-state index contributed by atoms with van der Waals surface area (Å²) in [5, 5.41) is 12.2. The Balaban J connectivity index is 0.000000297. The first-order valence-corrected chi connectivity index (χ1v) is 16.4. The van der Waals surface area contributed by atoms with Crippen molar-refractivity contribution < 1.29 is 30.0 Å². The molecule has 1 aliphatic rings.